The molecule has 5 heteroatoms. The Labute approximate surface area is 100 Å². The molecule has 0 radical (unpaired) electrons. The van der Waals surface area contributed by atoms with E-state index in [1.807, 2.05) is 13.8 Å². The van der Waals surface area contributed by atoms with Gasteiger partial charge in [-0.3, -0.25) is 0 Å². The summed E-state index contributed by atoms with van der Waals surface area (Å²) in [6, 6.07) is 0.0101. The van der Waals surface area contributed by atoms with E-state index in [4.69, 9.17) is 5.73 Å². The van der Waals surface area contributed by atoms with Gasteiger partial charge < -0.3 is 5.73 Å². The minimum Gasteiger partial charge on any atom is -0.329 e. The molecule has 2 N–H and O–H groups in total. The molecule has 4 nitrogen and oxygen atoms in total. The van der Waals surface area contributed by atoms with Crippen molar-refractivity contribution in [2.24, 2.45) is 5.73 Å². The zero-order chi connectivity index (χ0) is 12.8. The number of rotatable bonds is 8. The number of hydrogen-bond acceptors (Lipinski definition) is 3. The summed E-state index contributed by atoms with van der Waals surface area (Å²) < 4.78 is 25.9. The lowest BCUT2D eigenvalue weighted by atomic mass is 10.2. The SMILES string of the molecule is CCCCCN(C(C)C)S(=O)(=O)C(C)CN. The third-order valence-corrected chi connectivity index (χ3v) is 5.19. The summed E-state index contributed by atoms with van der Waals surface area (Å²) in [5, 5.41) is -0.489. The number of hydrogen-bond donors (Lipinski definition) is 1. The average molecular weight is 250 g/mol. The lowest BCUT2D eigenvalue weighted by Gasteiger charge is -2.28. The Morgan fingerprint density at radius 2 is 1.75 bits per heavy atom. The fraction of sp³-hybridized carbons (Fsp3) is 1.00. The molecule has 0 spiro atoms. The van der Waals surface area contributed by atoms with E-state index in [0.29, 0.717) is 6.54 Å². The van der Waals surface area contributed by atoms with Crippen LogP contribution in [0.4, 0.5) is 0 Å². The summed E-state index contributed by atoms with van der Waals surface area (Å²) in [4.78, 5) is 0. The number of sulfonamides is 1. The van der Waals surface area contributed by atoms with Crippen LogP contribution in [0.15, 0.2) is 0 Å². The summed E-state index contributed by atoms with van der Waals surface area (Å²) >= 11 is 0. The molecule has 0 saturated carbocycles. The molecule has 0 aromatic rings. The third-order valence-electron chi connectivity index (χ3n) is 2.73. The number of nitrogens with zero attached hydrogens (tertiary/aromatic N) is 1. The van der Waals surface area contributed by atoms with Crippen LogP contribution in [0.3, 0.4) is 0 Å². The Bertz CT molecular complexity index is 276. The van der Waals surface area contributed by atoms with Crippen LogP contribution < -0.4 is 5.73 Å². The molecule has 0 aromatic heterocycles. The molecule has 0 saturated heterocycles. The van der Waals surface area contributed by atoms with Crippen LogP contribution in [0.5, 0.6) is 0 Å². The normalized spacial score (nSPS) is 14.7. The first-order valence-corrected chi connectivity index (χ1v) is 7.58. The summed E-state index contributed by atoms with van der Waals surface area (Å²) in [5.41, 5.74) is 5.45. The third kappa shape index (κ3) is 4.39. The van der Waals surface area contributed by atoms with E-state index in [-0.39, 0.29) is 12.6 Å². The zero-order valence-corrected chi connectivity index (χ0v) is 11.8. The zero-order valence-electron chi connectivity index (χ0n) is 10.9. The molecule has 0 rings (SSSR count). The van der Waals surface area contributed by atoms with Gasteiger partial charge in [-0.1, -0.05) is 19.8 Å². The molecular weight excluding hydrogens is 224 g/mol. The Hall–Kier alpha value is -0.130. The monoisotopic (exact) mass is 250 g/mol. The van der Waals surface area contributed by atoms with Gasteiger partial charge in [-0.25, -0.2) is 8.42 Å². The molecule has 0 amide bonds. The van der Waals surface area contributed by atoms with Crippen LogP contribution in [-0.4, -0.2) is 37.1 Å². The maximum Gasteiger partial charge on any atom is 0.218 e. The first kappa shape index (κ1) is 15.9. The summed E-state index contributed by atoms with van der Waals surface area (Å²) in [6.07, 6.45) is 3.08. The van der Waals surface area contributed by atoms with Gasteiger partial charge in [0.05, 0.1) is 5.25 Å². The van der Waals surface area contributed by atoms with Gasteiger partial charge in [-0.2, -0.15) is 4.31 Å². The Morgan fingerprint density at radius 1 is 1.19 bits per heavy atom. The van der Waals surface area contributed by atoms with Gasteiger partial charge in [0, 0.05) is 19.1 Å². The van der Waals surface area contributed by atoms with E-state index in [0.717, 1.165) is 19.3 Å². The standard InChI is InChI=1S/C11H26N2O2S/c1-5-6-7-8-13(10(2)3)16(14,15)11(4)9-12/h10-11H,5-9,12H2,1-4H3. The first-order valence-electron chi connectivity index (χ1n) is 6.08. The molecule has 0 aliphatic carbocycles. The van der Waals surface area contributed by atoms with Crippen LogP contribution in [-0.2, 0) is 10.0 Å². The van der Waals surface area contributed by atoms with Gasteiger partial charge in [0.1, 0.15) is 0 Å². The summed E-state index contributed by atoms with van der Waals surface area (Å²) in [5.74, 6) is 0. The highest BCUT2D eigenvalue weighted by Crippen LogP contribution is 2.14. The van der Waals surface area contributed by atoms with Crippen LogP contribution in [0.2, 0.25) is 0 Å². The maximum atomic E-state index is 12.1. The van der Waals surface area contributed by atoms with Crippen LogP contribution in [0.25, 0.3) is 0 Å². The Balaban J connectivity index is 4.64. The maximum absolute atomic E-state index is 12.1. The predicted molar refractivity (Wildman–Crippen MR) is 68.8 cm³/mol. The van der Waals surface area contributed by atoms with E-state index in [1.165, 1.54) is 0 Å². The van der Waals surface area contributed by atoms with Gasteiger partial charge in [0.25, 0.3) is 0 Å². The molecule has 0 heterocycles. The minimum absolute atomic E-state index is 0.0101. The molecule has 0 aliphatic rings. The van der Waals surface area contributed by atoms with Gasteiger partial charge >= 0.3 is 0 Å². The van der Waals surface area contributed by atoms with E-state index >= 15 is 0 Å². The fourth-order valence-electron chi connectivity index (χ4n) is 1.55. The van der Waals surface area contributed by atoms with Gasteiger partial charge in [0.2, 0.25) is 10.0 Å². The molecule has 98 valence electrons. The predicted octanol–water partition coefficient (Wildman–Crippen LogP) is 1.56. The minimum atomic E-state index is -3.22. The lowest BCUT2D eigenvalue weighted by molar-refractivity contribution is 0.341. The summed E-state index contributed by atoms with van der Waals surface area (Å²) in [6.45, 7) is 8.39. The van der Waals surface area contributed by atoms with Crippen LogP contribution in [0, 0.1) is 0 Å². The van der Waals surface area contributed by atoms with Crippen molar-refractivity contribution in [3.8, 4) is 0 Å². The van der Waals surface area contributed by atoms with Crippen molar-refractivity contribution in [1.29, 1.82) is 0 Å². The molecule has 1 unspecified atom stereocenters. The topological polar surface area (TPSA) is 63.4 Å². The second-order valence-electron chi connectivity index (χ2n) is 4.50. The quantitative estimate of drug-likeness (QED) is 0.665. The van der Waals surface area contributed by atoms with Crippen molar-refractivity contribution in [2.45, 2.75) is 58.2 Å². The van der Waals surface area contributed by atoms with Gasteiger partial charge in [-0.15, -0.1) is 0 Å². The van der Waals surface area contributed by atoms with E-state index in [2.05, 4.69) is 6.92 Å². The number of nitrogens with two attached hydrogens (primary N) is 1. The van der Waals surface area contributed by atoms with Crippen molar-refractivity contribution >= 4 is 10.0 Å². The molecule has 0 aromatic carbocycles. The van der Waals surface area contributed by atoms with Gasteiger partial charge in [-0.05, 0) is 27.2 Å². The molecule has 0 bridgehead atoms. The average Bonchev–Trinajstić information content (AvgIpc) is 2.22. The molecule has 1 atom stereocenters. The van der Waals surface area contributed by atoms with Crippen LogP contribution in [0.1, 0.15) is 47.0 Å². The van der Waals surface area contributed by atoms with Gasteiger partial charge in [0.15, 0.2) is 0 Å². The highest BCUT2D eigenvalue weighted by molar-refractivity contribution is 7.89. The molecule has 16 heavy (non-hydrogen) atoms. The highest BCUT2D eigenvalue weighted by atomic mass is 32.2. The fourth-order valence-corrected chi connectivity index (χ4v) is 3.23. The smallest absolute Gasteiger partial charge is 0.218 e. The largest absolute Gasteiger partial charge is 0.329 e. The summed E-state index contributed by atoms with van der Waals surface area (Å²) in [7, 11) is -3.22. The Morgan fingerprint density at radius 3 is 2.12 bits per heavy atom. The first-order chi connectivity index (χ1) is 7.37. The van der Waals surface area contributed by atoms with Crippen molar-refractivity contribution in [3.05, 3.63) is 0 Å². The second-order valence-corrected chi connectivity index (χ2v) is 6.81. The molecular formula is C11H26N2O2S. The molecule has 0 fully saturated rings. The Kier molecular flexibility index (Phi) is 7.19. The van der Waals surface area contributed by atoms with Crippen molar-refractivity contribution in [3.63, 3.8) is 0 Å². The van der Waals surface area contributed by atoms with Crippen molar-refractivity contribution < 1.29 is 8.42 Å². The number of unbranched alkanes of at least 4 members (excludes halogenated alkanes) is 2. The van der Waals surface area contributed by atoms with Crippen LogP contribution >= 0.6 is 0 Å². The van der Waals surface area contributed by atoms with E-state index in [9.17, 15) is 8.42 Å². The van der Waals surface area contributed by atoms with Crippen molar-refractivity contribution in [2.75, 3.05) is 13.1 Å². The highest BCUT2D eigenvalue weighted by Gasteiger charge is 2.29. The van der Waals surface area contributed by atoms with Crippen molar-refractivity contribution in [1.82, 2.24) is 4.31 Å². The van der Waals surface area contributed by atoms with E-state index in [1.54, 1.807) is 11.2 Å². The van der Waals surface area contributed by atoms with E-state index < -0.39 is 15.3 Å². The lowest BCUT2D eigenvalue weighted by Crippen LogP contribution is -2.44. The molecule has 0 aliphatic heterocycles. The second kappa shape index (κ2) is 7.25.